The van der Waals surface area contributed by atoms with Gasteiger partial charge >= 0.3 is 0 Å². The second-order valence-corrected chi connectivity index (χ2v) is 3.81. The molecule has 4 atom stereocenters. The van der Waals surface area contributed by atoms with Gasteiger partial charge < -0.3 is 19.7 Å². The molecule has 0 radical (unpaired) electrons. The molecule has 2 fully saturated rings. The number of rotatable bonds is 3. The monoisotopic (exact) mass is 188 g/mol. The maximum Gasteiger partial charge on any atom is 0.0912 e. The highest BCUT2D eigenvalue weighted by Gasteiger charge is 2.46. The van der Waals surface area contributed by atoms with E-state index in [4.69, 9.17) is 19.7 Å². The molecule has 2 saturated heterocycles. The molecule has 2 aliphatic heterocycles. The minimum absolute atomic E-state index is 0.0570. The molecule has 76 valence electrons. The molecule has 2 N–H and O–H groups in total. The van der Waals surface area contributed by atoms with Gasteiger partial charge in [0.05, 0.1) is 32.0 Å². The Hall–Kier alpha value is -0.160. The zero-order valence-corrected chi connectivity index (χ0v) is 7.56. The number of aliphatic hydroxyl groups excluding tert-OH is 2. The predicted molar refractivity (Wildman–Crippen MR) is 45.2 cm³/mol. The Bertz CT molecular complexity index is 173. The fourth-order valence-corrected chi connectivity index (χ4v) is 2.23. The van der Waals surface area contributed by atoms with Crippen LogP contribution in [0.3, 0.4) is 0 Å². The van der Waals surface area contributed by atoms with Gasteiger partial charge in [0.2, 0.25) is 0 Å². The first-order valence-electron chi connectivity index (χ1n) is 4.81. The lowest BCUT2D eigenvalue weighted by Crippen LogP contribution is -2.27. The minimum Gasteiger partial charge on any atom is -0.396 e. The Balaban J connectivity index is 1.95. The molecule has 4 heteroatoms. The van der Waals surface area contributed by atoms with Crippen molar-refractivity contribution in [3.8, 4) is 0 Å². The molecule has 4 nitrogen and oxygen atoms in total. The van der Waals surface area contributed by atoms with Crippen molar-refractivity contribution in [1.82, 2.24) is 0 Å². The van der Waals surface area contributed by atoms with Gasteiger partial charge in [0.25, 0.3) is 0 Å². The van der Waals surface area contributed by atoms with E-state index >= 15 is 0 Å². The Morgan fingerprint density at radius 3 is 2.23 bits per heavy atom. The van der Waals surface area contributed by atoms with Gasteiger partial charge in [-0.25, -0.2) is 0 Å². The Morgan fingerprint density at radius 1 is 1.00 bits per heavy atom. The first kappa shape index (κ1) is 9.40. The normalized spacial score (nSPS) is 43.8. The van der Waals surface area contributed by atoms with Crippen LogP contribution < -0.4 is 0 Å². The summed E-state index contributed by atoms with van der Waals surface area (Å²) in [5.41, 5.74) is 0. The number of ether oxygens (including phenoxy) is 2. The van der Waals surface area contributed by atoms with Crippen LogP contribution >= 0.6 is 0 Å². The third-order valence-corrected chi connectivity index (χ3v) is 2.99. The van der Waals surface area contributed by atoms with Crippen LogP contribution in [0.25, 0.3) is 0 Å². The van der Waals surface area contributed by atoms with Gasteiger partial charge in [-0.15, -0.1) is 0 Å². The van der Waals surface area contributed by atoms with E-state index in [-0.39, 0.29) is 31.3 Å². The Labute approximate surface area is 77.5 Å². The fraction of sp³-hybridized carbons (Fsp3) is 1.00. The lowest BCUT2D eigenvalue weighted by Gasteiger charge is -2.14. The molecule has 0 aromatic carbocycles. The Kier molecular flexibility index (Phi) is 2.83. The van der Waals surface area contributed by atoms with E-state index < -0.39 is 0 Å². The lowest BCUT2D eigenvalue weighted by atomic mass is 9.95. The largest absolute Gasteiger partial charge is 0.396 e. The SMILES string of the molecule is OCCC1COC2C(CO)COC12. The van der Waals surface area contributed by atoms with Crippen LogP contribution in [0.1, 0.15) is 6.42 Å². The van der Waals surface area contributed by atoms with Crippen molar-refractivity contribution < 1.29 is 19.7 Å². The summed E-state index contributed by atoms with van der Waals surface area (Å²) >= 11 is 0. The van der Waals surface area contributed by atoms with Crippen LogP contribution in [-0.2, 0) is 9.47 Å². The summed E-state index contributed by atoms with van der Waals surface area (Å²) < 4.78 is 11.1. The molecule has 0 bridgehead atoms. The van der Waals surface area contributed by atoms with Gasteiger partial charge in [-0.1, -0.05) is 0 Å². The molecule has 0 aromatic heterocycles. The zero-order chi connectivity index (χ0) is 9.26. The summed E-state index contributed by atoms with van der Waals surface area (Å²) in [5, 5.41) is 17.8. The van der Waals surface area contributed by atoms with Crippen molar-refractivity contribution in [2.75, 3.05) is 26.4 Å². The van der Waals surface area contributed by atoms with Crippen molar-refractivity contribution in [1.29, 1.82) is 0 Å². The van der Waals surface area contributed by atoms with Crippen LogP contribution in [0.2, 0.25) is 0 Å². The average molecular weight is 188 g/mol. The molecule has 2 aliphatic rings. The zero-order valence-electron chi connectivity index (χ0n) is 7.56. The van der Waals surface area contributed by atoms with Gasteiger partial charge in [-0.3, -0.25) is 0 Å². The molecule has 0 amide bonds. The summed E-state index contributed by atoms with van der Waals surface area (Å²) in [4.78, 5) is 0. The van der Waals surface area contributed by atoms with Gasteiger partial charge in [0, 0.05) is 18.4 Å². The fourth-order valence-electron chi connectivity index (χ4n) is 2.23. The molecule has 13 heavy (non-hydrogen) atoms. The molecule has 0 spiro atoms. The number of hydrogen-bond acceptors (Lipinski definition) is 4. The number of hydrogen-bond donors (Lipinski definition) is 2. The number of fused-ring (bicyclic) bond motifs is 1. The van der Waals surface area contributed by atoms with Crippen LogP contribution in [0.15, 0.2) is 0 Å². The van der Waals surface area contributed by atoms with Crippen LogP contribution in [-0.4, -0.2) is 48.8 Å². The van der Waals surface area contributed by atoms with E-state index in [9.17, 15) is 0 Å². The summed E-state index contributed by atoms with van der Waals surface area (Å²) in [6, 6.07) is 0. The highest BCUT2D eigenvalue weighted by Crippen LogP contribution is 2.35. The van der Waals surface area contributed by atoms with Crippen LogP contribution in [0.5, 0.6) is 0 Å². The molecular formula is C9H16O4. The number of aliphatic hydroxyl groups is 2. The molecule has 2 heterocycles. The predicted octanol–water partition coefficient (Wildman–Crippen LogP) is -0.609. The quantitative estimate of drug-likeness (QED) is 0.620. The summed E-state index contributed by atoms with van der Waals surface area (Å²) in [5.74, 6) is 0.445. The van der Waals surface area contributed by atoms with E-state index in [0.717, 1.165) is 6.42 Å². The van der Waals surface area contributed by atoms with Crippen LogP contribution in [0, 0.1) is 11.8 Å². The summed E-state index contributed by atoms with van der Waals surface area (Å²) in [7, 11) is 0. The molecule has 0 aliphatic carbocycles. The van der Waals surface area contributed by atoms with Crippen molar-refractivity contribution in [2.45, 2.75) is 18.6 Å². The van der Waals surface area contributed by atoms with Gasteiger partial charge in [0.15, 0.2) is 0 Å². The van der Waals surface area contributed by atoms with Gasteiger partial charge in [-0.05, 0) is 6.42 Å². The second kappa shape index (κ2) is 3.92. The van der Waals surface area contributed by atoms with Crippen LogP contribution in [0.4, 0.5) is 0 Å². The van der Waals surface area contributed by atoms with Crippen molar-refractivity contribution in [3.05, 3.63) is 0 Å². The second-order valence-electron chi connectivity index (χ2n) is 3.81. The van der Waals surface area contributed by atoms with Crippen molar-refractivity contribution in [3.63, 3.8) is 0 Å². The smallest absolute Gasteiger partial charge is 0.0912 e. The first-order valence-corrected chi connectivity index (χ1v) is 4.81. The standard InChI is InChI=1S/C9H16O4/c10-2-1-6-4-12-9-7(3-11)5-13-8(6)9/h6-11H,1-5H2. The van der Waals surface area contributed by atoms with Gasteiger partial charge in [-0.2, -0.15) is 0 Å². The average Bonchev–Trinajstić information content (AvgIpc) is 2.68. The minimum atomic E-state index is 0.0570. The maximum absolute atomic E-state index is 9.02. The molecular weight excluding hydrogens is 172 g/mol. The maximum atomic E-state index is 9.02. The van der Waals surface area contributed by atoms with Crippen molar-refractivity contribution in [2.24, 2.45) is 11.8 Å². The lowest BCUT2D eigenvalue weighted by molar-refractivity contribution is 0.0498. The topological polar surface area (TPSA) is 58.9 Å². The van der Waals surface area contributed by atoms with Gasteiger partial charge in [0.1, 0.15) is 0 Å². The van der Waals surface area contributed by atoms with Crippen molar-refractivity contribution >= 4 is 0 Å². The summed E-state index contributed by atoms with van der Waals surface area (Å²) in [6.45, 7) is 1.57. The third-order valence-electron chi connectivity index (χ3n) is 2.99. The molecule has 0 saturated carbocycles. The third kappa shape index (κ3) is 1.59. The van der Waals surface area contributed by atoms with E-state index in [1.54, 1.807) is 0 Å². The first-order chi connectivity index (χ1) is 6.36. The molecule has 4 unspecified atom stereocenters. The van der Waals surface area contributed by atoms with E-state index in [1.807, 2.05) is 0 Å². The Morgan fingerprint density at radius 2 is 1.62 bits per heavy atom. The molecule has 0 aromatic rings. The highest BCUT2D eigenvalue weighted by molar-refractivity contribution is 4.93. The highest BCUT2D eigenvalue weighted by atomic mass is 16.6. The summed E-state index contributed by atoms with van der Waals surface area (Å²) in [6.07, 6.45) is 0.894. The van der Waals surface area contributed by atoms with E-state index in [1.165, 1.54) is 0 Å². The van der Waals surface area contributed by atoms with E-state index in [0.29, 0.717) is 19.1 Å². The van der Waals surface area contributed by atoms with E-state index in [2.05, 4.69) is 0 Å². The molecule has 2 rings (SSSR count).